The summed E-state index contributed by atoms with van der Waals surface area (Å²) in [7, 11) is 0.840. The number of ether oxygens (including phenoxy) is 1. The van der Waals surface area contributed by atoms with Crippen molar-refractivity contribution < 1.29 is 27.1 Å². The maximum atomic E-state index is 13.5. The lowest BCUT2D eigenvalue weighted by molar-refractivity contribution is 0.0586. The molecule has 3 nitrogen and oxygen atoms in total. The summed E-state index contributed by atoms with van der Waals surface area (Å²) in [5.74, 6) is -8.32. The predicted octanol–water partition coefficient (Wildman–Crippen LogP) is 1.92. The number of rotatable bonds is 3. The molecule has 0 bridgehead atoms. The van der Waals surface area contributed by atoms with E-state index in [9.17, 15) is 22.4 Å². The third kappa shape index (κ3) is 2.45. The Kier molecular flexibility index (Phi) is 4.28. The van der Waals surface area contributed by atoms with E-state index in [-0.39, 0.29) is 0 Å². The monoisotopic (exact) mass is 265 g/mol. The van der Waals surface area contributed by atoms with E-state index in [2.05, 4.69) is 4.74 Å². The minimum atomic E-state index is -1.78. The average molecular weight is 265 g/mol. The Balaban J connectivity index is 3.50. The van der Waals surface area contributed by atoms with Crippen molar-refractivity contribution in [1.29, 1.82) is 0 Å². The van der Waals surface area contributed by atoms with E-state index in [1.54, 1.807) is 0 Å². The molecule has 0 amide bonds. The van der Waals surface area contributed by atoms with Crippen molar-refractivity contribution in [3.05, 3.63) is 34.4 Å². The molecule has 0 fully saturated rings. The summed E-state index contributed by atoms with van der Waals surface area (Å²) in [6.45, 7) is 1.42. The van der Waals surface area contributed by atoms with Crippen LogP contribution in [0.25, 0.3) is 0 Å². The largest absolute Gasteiger partial charge is 0.465 e. The van der Waals surface area contributed by atoms with Crippen molar-refractivity contribution in [2.24, 2.45) is 5.73 Å². The van der Waals surface area contributed by atoms with Gasteiger partial charge in [-0.15, -0.1) is 0 Å². The molecule has 0 saturated carbocycles. The molecule has 1 unspecified atom stereocenters. The lowest BCUT2D eigenvalue weighted by Crippen LogP contribution is -2.22. The second-order valence-electron chi connectivity index (χ2n) is 3.78. The highest BCUT2D eigenvalue weighted by Crippen LogP contribution is 2.25. The van der Waals surface area contributed by atoms with Gasteiger partial charge in [0.25, 0.3) is 0 Å². The smallest absolute Gasteiger partial charge is 0.344 e. The van der Waals surface area contributed by atoms with Gasteiger partial charge in [0.05, 0.1) is 7.11 Å². The Morgan fingerprint density at radius 3 is 1.94 bits per heavy atom. The van der Waals surface area contributed by atoms with Crippen molar-refractivity contribution in [1.82, 2.24) is 0 Å². The number of halogens is 4. The van der Waals surface area contributed by atoms with Crippen LogP contribution in [0, 0.1) is 23.3 Å². The molecule has 1 atom stereocenters. The summed E-state index contributed by atoms with van der Waals surface area (Å²) in [4.78, 5) is 11.0. The lowest BCUT2D eigenvalue weighted by atomic mass is 10.0. The highest BCUT2D eigenvalue weighted by Gasteiger charge is 2.29. The molecule has 18 heavy (non-hydrogen) atoms. The van der Waals surface area contributed by atoms with Crippen LogP contribution in [-0.4, -0.2) is 19.1 Å². The Hall–Kier alpha value is -1.63. The Morgan fingerprint density at radius 2 is 1.61 bits per heavy atom. The number of hydrogen-bond donors (Lipinski definition) is 1. The third-order valence-electron chi connectivity index (χ3n) is 2.27. The fourth-order valence-electron chi connectivity index (χ4n) is 1.46. The van der Waals surface area contributed by atoms with Gasteiger partial charge in [0.1, 0.15) is 5.56 Å². The van der Waals surface area contributed by atoms with Crippen LogP contribution in [0.15, 0.2) is 0 Å². The van der Waals surface area contributed by atoms with E-state index < -0.39 is 52.8 Å². The molecule has 0 spiro atoms. The Labute approximate surface area is 101 Å². The van der Waals surface area contributed by atoms with Crippen LogP contribution in [0.2, 0.25) is 0 Å². The zero-order valence-corrected chi connectivity index (χ0v) is 9.69. The van der Waals surface area contributed by atoms with Crippen LogP contribution >= 0.6 is 0 Å². The first-order valence-electron chi connectivity index (χ1n) is 4.99. The van der Waals surface area contributed by atoms with Gasteiger partial charge in [0.15, 0.2) is 23.3 Å². The summed E-state index contributed by atoms with van der Waals surface area (Å²) in [5, 5.41) is 0. The molecular weight excluding hydrogens is 254 g/mol. The van der Waals surface area contributed by atoms with Crippen LogP contribution in [0.5, 0.6) is 0 Å². The average Bonchev–Trinajstić information content (AvgIpc) is 2.31. The second kappa shape index (κ2) is 5.34. The molecule has 100 valence electrons. The summed E-state index contributed by atoms with van der Waals surface area (Å²) in [6.07, 6.45) is -0.396. The number of carbonyl (C=O) groups excluding carboxylic acids is 1. The van der Waals surface area contributed by atoms with Gasteiger partial charge in [0, 0.05) is 11.6 Å². The summed E-state index contributed by atoms with van der Waals surface area (Å²) >= 11 is 0. The number of nitrogens with two attached hydrogens (primary N) is 1. The van der Waals surface area contributed by atoms with Crippen molar-refractivity contribution in [2.45, 2.75) is 19.4 Å². The summed E-state index contributed by atoms with van der Waals surface area (Å²) in [6, 6.07) is -0.697. The fourth-order valence-corrected chi connectivity index (χ4v) is 1.46. The standard InChI is InChI=1S/C11H11F4NO2/c1-4(16)3-5-7(12)9(14)6(11(17)18-2)10(15)8(5)13/h4H,3,16H2,1-2H3. The van der Waals surface area contributed by atoms with Gasteiger partial charge in [-0.1, -0.05) is 0 Å². The maximum absolute atomic E-state index is 13.5. The van der Waals surface area contributed by atoms with E-state index in [1.165, 1.54) is 6.92 Å². The topological polar surface area (TPSA) is 52.3 Å². The Bertz CT molecular complexity index is 459. The number of esters is 1. The van der Waals surface area contributed by atoms with E-state index in [4.69, 9.17) is 5.73 Å². The van der Waals surface area contributed by atoms with Gasteiger partial charge in [-0.25, -0.2) is 22.4 Å². The normalized spacial score (nSPS) is 12.4. The van der Waals surface area contributed by atoms with E-state index >= 15 is 0 Å². The number of hydrogen-bond acceptors (Lipinski definition) is 3. The van der Waals surface area contributed by atoms with Gasteiger partial charge in [-0.05, 0) is 13.3 Å². The highest BCUT2D eigenvalue weighted by atomic mass is 19.2. The van der Waals surface area contributed by atoms with Crippen molar-refractivity contribution in [2.75, 3.05) is 7.11 Å². The van der Waals surface area contributed by atoms with Crippen molar-refractivity contribution in [3.8, 4) is 0 Å². The minimum absolute atomic E-state index is 0.396. The molecule has 1 rings (SSSR count). The first-order chi connectivity index (χ1) is 8.31. The molecule has 1 aromatic carbocycles. The summed E-state index contributed by atoms with van der Waals surface area (Å²) < 4.78 is 58.0. The quantitative estimate of drug-likeness (QED) is 0.516. The zero-order valence-electron chi connectivity index (χ0n) is 9.69. The first kappa shape index (κ1) is 14.4. The Morgan fingerprint density at radius 1 is 1.17 bits per heavy atom. The van der Waals surface area contributed by atoms with Crippen molar-refractivity contribution in [3.63, 3.8) is 0 Å². The third-order valence-corrected chi connectivity index (χ3v) is 2.27. The molecule has 7 heteroatoms. The van der Waals surface area contributed by atoms with Gasteiger partial charge >= 0.3 is 5.97 Å². The van der Waals surface area contributed by atoms with Crippen LogP contribution in [0.1, 0.15) is 22.8 Å². The molecule has 0 aliphatic heterocycles. The number of methoxy groups -OCH3 is 1. The molecular formula is C11H11F4NO2. The summed E-state index contributed by atoms with van der Waals surface area (Å²) in [5.41, 5.74) is 3.10. The molecule has 0 aliphatic carbocycles. The van der Waals surface area contributed by atoms with E-state index in [0.717, 1.165) is 7.11 Å². The molecule has 0 aliphatic rings. The van der Waals surface area contributed by atoms with Gasteiger partial charge in [0.2, 0.25) is 0 Å². The molecule has 1 aromatic rings. The zero-order chi connectivity index (χ0) is 14.0. The van der Waals surface area contributed by atoms with Crippen LogP contribution in [0.3, 0.4) is 0 Å². The van der Waals surface area contributed by atoms with Gasteiger partial charge < -0.3 is 10.5 Å². The minimum Gasteiger partial charge on any atom is -0.465 e. The van der Waals surface area contributed by atoms with Gasteiger partial charge in [-0.2, -0.15) is 0 Å². The lowest BCUT2D eigenvalue weighted by Gasteiger charge is -2.12. The van der Waals surface area contributed by atoms with E-state index in [0.29, 0.717) is 0 Å². The van der Waals surface area contributed by atoms with Crippen LogP contribution < -0.4 is 5.73 Å². The van der Waals surface area contributed by atoms with Crippen LogP contribution in [0.4, 0.5) is 17.6 Å². The predicted molar refractivity (Wildman–Crippen MR) is 55.0 cm³/mol. The highest BCUT2D eigenvalue weighted by molar-refractivity contribution is 5.90. The maximum Gasteiger partial charge on any atom is 0.344 e. The number of carbonyl (C=O) groups is 1. The van der Waals surface area contributed by atoms with Crippen LogP contribution in [-0.2, 0) is 11.2 Å². The fraction of sp³-hybridized carbons (Fsp3) is 0.364. The molecule has 0 saturated heterocycles. The molecule has 2 N–H and O–H groups in total. The van der Waals surface area contributed by atoms with E-state index in [1.807, 2.05) is 0 Å². The molecule has 0 radical (unpaired) electrons. The van der Waals surface area contributed by atoms with Crippen molar-refractivity contribution >= 4 is 5.97 Å². The number of benzene rings is 1. The second-order valence-corrected chi connectivity index (χ2v) is 3.78. The molecule has 0 heterocycles. The molecule has 0 aromatic heterocycles. The first-order valence-corrected chi connectivity index (χ1v) is 4.99. The van der Waals surface area contributed by atoms with Gasteiger partial charge in [-0.3, -0.25) is 0 Å². The SMILES string of the molecule is COC(=O)c1c(F)c(F)c(CC(C)N)c(F)c1F.